The zero-order chi connectivity index (χ0) is 10.9. The zero-order valence-corrected chi connectivity index (χ0v) is 7.41. The fraction of sp³-hybridized carbons (Fsp3) is 0.125. The van der Waals surface area contributed by atoms with Crippen molar-refractivity contribution in [1.29, 1.82) is 0 Å². The fourth-order valence-corrected chi connectivity index (χ4v) is 1.25. The fourth-order valence-electron chi connectivity index (χ4n) is 0.926. The Morgan fingerprint density at radius 2 is 1.93 bits per heavy atom. The van der Waals surface area contributed by atoms with Gasteiger partial charge in [-0.1, -0.05) is 17.7 Å². The molecule has 0 spiro atoms. The smallest absolute Gasteiger partial charge is 0.267 e. The molecule has 0 aliphatic rings. The van der Waals surface area contributed by atoms with E-state index in [0.717, 1.165) is 18.2 Å². The van der Waals surface area contributed by atoms with Crippen LogP contribution in [0.5, 0.6) is 0 Å². The van der Waals surface area contributed by atoms with Gasteiger partial charge in [-0.2, -0.15) is 13.2 Å². The molecule has 0 unspecified atom stereocenters. The van der Waals surface area contributed by atoms with Crippen LogP contribution in [0.15, 0.2) is 18.2 Å². The Bertz CT molecular complexity index is 375. The van der Waals surface area contributed by atoms with E-state index in [-0.39, 0.29) is 0 Å². The second kappa shape index (κ2) is 3.49. The molecular weight excluding hydrogens is 219 g/mol. The van der Waals surface area contributed by atoms with Gasteiger partial charge in [0.2, 0.25) is 0 Å². The molecule has 1 aromatic carbocycles. The van der Waals surface area contributed by atoms with Gasteiger partial charge in [0.05, 0.1) is 16.1 Å². The van der Waals surface area contributed by atoms with Crippen molar-refractivity contribution in [3.05, 3.63) is 34.3 Å². The van der Waals surface area contributed by atoms with Crippen LogP contribution in [-0.4, -0.2) is 5.91 Å². The van der Waals surface area contributed by atoms with Crippen molar-refractivity contribution in [3.8, 4) is 0 Å². The van der Waals surface area contributed by atoms with E-state index in [1.807, 2.05) is 0 Å². The Hall–Kier alpha value is -1.23. The molecule has 0 saturated carbocycles. The third-order valence-corrected chi connectivity index (χ3v) is 1.96. The van der Waals surface area contributed by atoms with Gasteiger partial charge in [0.15, 0.2) is 0 Å². The van der Waals surface area contributed by atoms with Crippen LogP contribution >= 0.6 is 11.6 Å². The highest BCUT2D eigenvalue weighted by molar-refractivity contribution is 6.34. The summed E-state index contributed by atoms with van der Waals surface area (Å²) >= 11 is 5.33. The third-order valence-electron chi connectivity index (χ3n) is 1.55. The molecule has 1 radical (unpaired) electrons. The van der Waals surface area contributed by atoms with Gasteiger partial charge in [0.1, 0.15) is 0 Å². The molecule has 0 saturated heterocycles. The minimum atomic E-state index is -4.61. The average molecular weight is 223 g/mol. The predicted octanol–water partition coefficient (Wildman–Crippen LogP) is 2.78. The Morgan fingerprint density at radius 3 is 2.36 bits per heavy atom. The highest BCUT2D eigenvalue weighted by Gasteiger charge is 2.34. The maximum Gasteiger partial charge on any atom is 0.417 e. The van der Waals surface area contributed by atoms with Gasteiger partial charge >= 0.3 is 6.18 Å². The lowest BCUT2D eigenvalue weighted by molar-refractivity contribution is -0.137. The lowest BCUT2D eigenvalue weighted by Gasteiger charge is -2.09. The second-order valence-corrected chi connectivity index (χ2v) is 2.87. The summed E-state index contributed by atoms with van der Waals surface area (Å²) < 4.78 is 36.7. The first-order valence-corrected chi connectivity index (χ1v) is 3.83. The molecule has 75 valence electrons. The number of halogens is 4. The Labute approximate surface area is 82.5 Å². The van der Waals surface area contributed by atoms with E-state index in [2.05, 4.69) is 0 Å². The van der Waals surface area contributed by atoms with Crippen LogP contribution < -0.4 is 5.73 Å². The molecule has 1 N–H and O–H groups in total. The molecule has 1 rings (SSSR count). The molecule has 0 heterocycles. The van der Waals surface area contributed by atoms with Crippen molar-refractivity contribution in [1.82, 2.24) is 5.73 Å². The summed E-state index contributed by atoms with van der Waals surface area (Å²) in [6.07, 6.45) is -4.61. The van der Waals surface area contributed by atoms with E-state index in [1.165, 1.54) is 0 Å². The Balaban J connectivity index is 3.35. The predicted molar refractivity (Wildman–Crippen MR) is 43.9 cm³/mol. The monoisotopic (exact) mass is 222 g/mol. The summed E-state index contributed by atoms with van der Waals surface area (Å²) in [4.78, 5) is 10.6. The average Bonchev–Trinajstić information content (AvgIpc) is 2.01. The molecule has 1 aromatic rings. The van der Waals surface area contributed by atoms with E-state index < -0.39 is 28.2 Å². The number of nitrogens with one attached hydrogen (secondary N) is 1. The highest BCUT2D eigenvalue weighted by atomic mass is 35.5. The van der Waals surface area contributed by atoms with Crippen LogP contribution in [0, 0.1) is 0 Å². The van der Waals surface area contributed by atoms with E-state index in [1.54, 1.807) is 0 Å². The van der Waals surface area contributed by atoms with Crippen LogP contribution in [0.25, 0.3) is 0 Å². The molecule has 0 fully saturated rings. The van der Waals surface area contributed by atoms with Crippen molar-refractivity contribution in [2.24, 2.45) is 0 Å². The number of hydrogen-bond donors (Lipinski definition) is 0. The van der Waals surface area contributed by atoms with Gasteiger partial charge in [-0.05, 0) is 12.1 Å². The van der Waals surface area contributed by atoms with E-state index in [4.69, 9.17) is 17.3 Å². The van der Waals surface area contributed by atoms with Gasteiger partial charge < -0.3 is 0 Å². The quantitative estimate of drug-likeness (QED) is 0.720. The van der Waals surface area contributed by atoms with Crippen LogP contribution in [0.4, 0.5) is 13.2 Å². The number of rotatable bonds is 1. The Morgan fingerprint density at radius 1 is 1.36 bits per heavy atom. The summed E-state index contributed by atoms with van der Waals surface area (Å²) in [5, 5.41) is -0.722. The molecular formula is C8H4ClF3NO. The van der Waals surface area contributed by atoms with Crippen molar-refractivity contribution < 1.29 is 18.0 Å². The highest BCUT2D eigenvalue weighted by Crippen LogP contribution is 2.35. The van der Waals surface area contributed by atoms with Crippen LogP contribution in [-0.2, 0) is 6.18 Å². The SMILES string of the molecule is [NH]C(=O)c1cccc(C(F)(F)F)c1Cl. The standard InChI is InChI=1S/C8H4ClF3NO/c9-6-4(7(13)14)2-1-3-5(6)8(10,11)12/h1-3,13H. The summed E-state index contributed by atoms with van der Waals surface area (Å²) in [6, 6.07) is 2.87. The van der Waals surface area contributed by atoms with Gasteiger partial charge in [0, 0.05) is 0 Å². The molecule has 2 nitrogen and oxygen atoms in total. The largest absolute Gasteiger partial charge is 0.417 e. The maximum absolute atomic E-state index is 12.2. The lowest BCUT2D eigenvalue weighted by Crippen LogP contribution is -2.09. The van der Waals surface area contributed by atoms with E-state index in [9.17, 15) is 18.0 Å². The van der Waals surface area contributed by atoms with E-state index >= 15 is 0 Å². The lowest BCUT2D eigenvalue weighted by atomic mass is 10.1. The van der Waals surface area contributed by atoms with Gasteiger partial charge in [-0.25, -0.2) is 0 Å². The minimum absolute atomic E-state index is 0.443. The molecule has 0 bridgehead atoms. The van der Waals surface area contributed by atoms with Crippen LogP contribution in [0.3, 0.4) is 0 Å². The maximum atomic E-state index is 12.2. The number of carbonyl (C=O) groups is 1. The number of amides is 1. The van der Waals surface area contributed by atoms with Crippen LogP contribution in [0.2, 0.25) is 5.02 Å². The van der Waals surface area contributed by atoms with Gasteiger partial charge in [0.25, 0.3) is 5.91 Å². The molecule has 0 atom stereocenters. The third kappa shape index (κ3) is 1.98. The molecule has 0 aromatic heterocycles. The van der Waals surface area contributed by atoms with Gasteiger partial charge in [-0.3, -0.25) is 10.5 Å². The van der Waals surface area contributed by atoms with Crippen molar-refractivity contribution in [2.75, 3.05) is 0 Å². The summed E-state index contributed by atoms with van der Waals surface area (Å²) in [5.41, 5.74) is 5.13. The Kier molecular flexibility index (Phi) is 2.71. The normalized spacial score (nSPS) is 11.4. The number of hydrogen-bond acceptors (Lipinski definition) is 1. The minimum Gasteiger partial charge on any atom is -0.267 e. The number of benzene rings is 1. The van der Waals surface area contributed by atoms with E-state index in [0.29, 0.717) is 0 Å². The zero-order valence-electron chi connectivity index (χ0n) is 6.65. The van der Waals surface area contributed by atoms with Crippen LogP contribution in [0.1, 0.15) is 15.9 Å². The molecule has 14 heavy (non-hydrogen) atoms. The number of alkyl halides is 3. The van der Waals surface area contributed by atoms with Crippen molar-refractivity contribution >= 4 is 17.5 Å². The molecule has 0 aliphatic heterocycles. The second-order valence-electron chi connectivity index (χ2n) is 2.49. The van der Waals surface area contributed by atoms with Gasteiger partial charge in [-0.15, -0.1) is 0 Å². The first-order chi connectivity index (χ1) is 6.34. The molecule has 1 amide bonds. The summed E-state index contributed by atoms with van der Waals surface area (Å²) in [5.74, 6) is -1.24. The first-order valence-electron chi connectivity index (χ1n) is 3.45. The molecule has 6 heteroatoms. The first kappa shape index (κ1) is 10.8. The number of carbonyl (C=O) groups excluding carboxylic acids is 1. The molecule has 0 aliphatic carbocycles. The van der Waals surface area contributed by atoms with Crippen molar-refractivity contribution in [2.45, 2.75) is 6.18 Å². The summed E-state index contributed by atoms with van der Waals surface area (Å²) in [7, 11) is 0. The van der Waals surface area contributed by atoms with Crippen molar-refractivity contribution in [3.63, 3.8) is 0 Å². The summed E-state index contributed by atoms with van der Waals surface area (Å²) in [6.45, 7) is 0. The topological polar surface area (TPSA) is 40.9 Å².